The summed E-state index contributed by atoms with van der Waals surface area (Å²) in [6, 6.07) is 16.1. The van der Waals surface area contributed by atoms with Crippen molar-refractivity contribution in [2.24, 2.45) is 0 Å². The lowest BCUT2D eigenvalue weighted by molar-refractivity contribution is -0.147. The Bertz CT molecular complexity index is 962. The van der Waals surface area contributed by atoms with Crippen molar-refractivity contribution in [1.82, 2.24) is 4.98 Å². The second-order valence-corrected chi connectivity index (χ2v) is 6.93. The number of ether oxygens (including phenoxy) is 2. The summed E-state index contributed by atoms with van der Waals surface area (Å²) >= 11 is 7.27. The van der Waals surface area contributed by atoms with Crippen molar-refractivity contribution in [3.8, 4) is 5.75 Å². The van der Waals surface area contributed by atoms with Gasteiger partial charge in [0.2, 0.25) is 5.91 Å². The van der Waals surface area contributed by atoms with Gasteiger partial charge in [0.25, 0.3) is 0 Å². The van der Waals surface area contributed by atoms with Crippen molar-refractivity contribution in [2.75, 3.05) is 11.5 Å². The lowest BCUT2D eigenvalue weighted by Gasteiger charge is -2.17. The highest BCUT2D eigenvalue weighted by Gasteiger charge is 2.18. The summed E-state index contributed by atoms with van der Waals surface area (Å²) in [7, 11) is 0. The van der Waals surface area contributed by atoms with Crippen LogP contribution in [0.3, 0.4) is 0 Å². The maximum Gasteiger partial charge on any atom is 0.344 e. The summed E-state index contributed by atoms with van der Waals surface area (Å²) < 4.78 is 10.5. The molecule has 3 rings (SSSR count). The van der Waals surface area contributed by atoms with Gasteiger partial charge < -0.3 is 9.47 Å². The molecule has 0 spiro atoms. The van der Waals surface area contributed by atoms with Crippen molar-refractivity contribution in [1.29, 1.82) is 0 Å². The molecule has 0 aliphatic heterocycles. The summed E-state index contributed by atoms with van der Waals surface area (Å²) in [5.41, 5.74) is 1.27. The minimum absolute atomic E-state index is 0.0122. The van der Waals surface area contributed by atoms with E-state index in [4.69, 9.17) is 21.1 Å². The molecule has 0 aliphatic rings. The zero-order valence-corrected chi connectivity index (χ0v) is 16.6. The van der Waals surface area contributed by atoms with Crippen LogP contribution in [0.4, 0.5) is 10.8 Å². The highest BCUT2D eigenvalue weighted by Crippen LogP contribution is 2.29. The number of para-hydroxylation sites is 2. The van der Waals surface area contributed by atoms with Crippen molar-refractivity contribution in [2.45, 2.75) is 13.5 Å². The van der Waals surface area contributed by atoms with Crippen LogP contribution < -0.4 is 9.64 Å². The number of carbonyl (C=O) groups is 2. The molecule has 0 bridgehead atoms. The van der Waals surface area contributed by atoms with E-state index in [1.165, 1.54) is 23.2 Å². The first-order valence-corrected chi connectivity index (χ1v) is 9.63. The van der Waals surface area contributed by atoms with Gasteiger partial charge in [-0.15, -0.1) is 11.3 Å². The molecule has 0 N–H and O–H groups in total. The fourth-order valence-corrected chi connectivity index (χ4v) is 3.43. The smallest absolute Gasteiger partial charge is 0.344 e. The molecule has 8 heteroatoms. The van der Waals surface area contributed by atoms with Gasteiger partial charge >= 0.3 is 5.97 Å². The monoisotopic (exact) mass is 416 g/mol. The molecule has 0 unspecified atom stereocenters. The van der Waals surface area contributed by atoms with Gasteiger partial charge in [-0.2, -0.15) is 0 Å². The molecule has 0 saturated carbocycles. The number of halogens is 1. The van der Waals surface area contributed by atoms with Gasteiger partial charge in [-0.3, -0.25) is 9.69 Å². The number of rotatable bonds is 7. The second kappa shape index (κ2) is 9.34. The van der Waals surface area contributed by atoms with Gasteiger partial charge in [-0.1, -0.05) is 41.9 Å². The third kappa shape index (κ3) is 5.09. The van der Waals surface area contributed by atoms with Crippen LogP contribution in [0.5, 0.6) is 5.75 Å². The van der Waals surface area contributed by atoms with Crippen LogP contribution in [-0.2, 0) is 20.9 Å². The number of thiazole rings is 1. The van der Waals surface area contributed by atoms with Crippen LogP contribution in [0, 0.1) is 0 Å². The molecule has 28 heavy (non-hydrogen) atoms. The van der Waals surface area contributed by atoms with Gasteiger partial charge in [0.05, 0.1) is 16.4 Å². The average Bonchev–Trinajstić information content (AvgIpc) is 3.15. The molecule has 0 atom stereocenters. The van der Waals surface area contributed by atoms with Crippen LogP contribution in [0.15, 0.2) is 60.0 Å². The van der Waals surface area contributed by atoms with E-state index in [9.17, 15) is 9.59 Å². The molecular weight excluding hydrogens is 400 g/mol. The number of amides is 1. The van der Waals surface area contributed by atoms with E-state index in [0.717, 1.165) is 5.69 Å². The van der Waals surface area contributed by atoms with Gasteiger partial charge in [0.15, 0.2) is 11.7 Å². The number of nitrogens with zero attached hydrogens (tertiary/aromatic N) is 2. The molecule has 1 amide bonds. The van der Waals surface area contributed by atoms with Crippen LogP contribution >= 0.6 is 22.9 Å². The van der Waals surface area contributed by atoms with E-state index >= 15 is 0 Å². The first-order valence-electron chi connectivity index (χ1n) is 8.37. The lowest BCUT2D eigenvalue weighted by atomic mass is 10.3. The van der Waals surface area contributed by atoms with E-state index in [1.807, 2.05) is 30.3 Å². The largest absolute Gasteiger partial charge is 0.480 e. The Morgan fingerprint density at radius 3 is 2.54 bits per heavy atom. The standard InChI is InChI=1S/C20H17ClN2O4S/c1-14(24)23(16-7-3-2-4-8-16)20-22-15(13-28-20)11-27-19(25)12-26-18-10-6-5-9-17(18)21/h2-10,13H,11-12H2,1H3. The van der Waals surface area contributed by atoms with Crippen molar-refractivity contribution >= 4 is 45.6 Å². The van der Waals surface area contributed by atoms with Gasteiger partial charge in [-0.25, -0.2) is 9.78 Å². The first kappa shape index (κ1) is 19.9. The molecule has 3 aromatic rings. The number of carbonyl (C=O) groups excluding carboxylic acids is 2. The highest BCUT2D eigenvalue weighted by molar-refractivity contribution is 7.14. The van der Waals surface area contributed by atoms with E-state index in [0.29, 0.717) is 21.6 Å². The minimum Gasteiger partial charge on any atom is -0.480 e. The Labute approximate surface area is 171 Å². The average molecular weight is 417 g/mol. The molecular formula is C20H17ClN2O4S. The Morgan fingerprint density at radius 2 is 1.82 bits per heavy atom. The molecule has 0 fully saturated rings. The molecule has 0 aliphatic carbocycles. The van der Waals surface area contributed by atoms with Crippen LogP contribution in [0.2, 0.25) is 5.02 Å². The van der Waals surface area contributed by atoms with Crippen LogP contribution in [0.1, 0.15) is 12.6 Å². The number of anilines is 2. The Balaban J connectivity index is 1.57. The summed E-state index contributed by atoms with van der Waals surface area (Å²) in [5, 5.41) is 2.68. The molecule has 1 heterocycles. The van der Waals surface area contributed by atoms with Crippen molar-refractivity contribution in [3.63, 3.8) is 0 Å². The zero-order chi connectivity index (χ0) is 19.9. The third-order valence-electron chi connectivity index (χ3n) is 3.62. The molecule has 1 aromatic heterocycles. The molecule has 0 saturated heterocycles. The van der Waals surface area contributed by atoms with Crippen LogP contribution in [0.25, 0.3) is 0 Å². The normalized spacial score (nSPS) is 10.4. The third-order valence-corrected chi connectivity index (χ3v) is 4.81. The summed E-state index contributed by atoms with van der Waals surface area (Å²) in [4.78, 5) is 29.8. The quantitative estimate of drug-likeness (QED) is 0.526. The lowest BCUT2D eigenvalue weighted by Crippen LogP contribution is -2.22. The number of aromatic nitrogens is 1. The van der Waals surface area contributed by atoms with Crippen LogP contribution in [-0.4, -0.2) is 23.5 Å². The highest BCUT2D eigenvalue weighted by atomic mass is 35.5. The number of hydrogen-bond acceptors (Lipinski definition) is 6. The van der Waals surface area contributed by atoms with Crippen molar-refractivity contribution in [3.05, 3.63) is 70.7 Å². The SMILES string of the molecule is CC(=O)N(c1ccccc1)c1nc(COC(=O)COc2ccccc2Cl)cs1. The number of benzene rings is 2. The number of hydrogen-bond donors (Lipinski definition) is 0. The Kier molecular flexibility index (Phi) is 6.62. The van der Waals surface area contributed by atoms with Gasteiger partial charge in [0.1, 0.15) is 12.4 Å². The predicted octanol–water partition coefficient (Wildman–Crippen LogP) is 4.60. The molecule has 144 valence electrons. The molecule has 2 aromatic carbocycles. The molecule has 0 radical (unpaired) electrons. The minimum atomic E-state index is -0.541. The van der Waals surface area contributed by atoms with E-state index in [2.05, 4.69) is 4.98 Å². The fourth-order valence-electron chi connectivity index (χ4n) is 2.36. The van der Waals surface area contributed by atoms with E-state index < -0.39 is 5.97 Å². The Morgan fingerprint density at radius 1 is 1.11 bits per heavy atom. The number of esters is 1. The maximum atomic E-state index is 12.0. The maximum absolute atomic E-state index is 12.0. The fraction of sp³-hybridized carbons (Fsp3) is 0.150. The second-order valence-electron chi connectivity index (χ2n) is 5.69. The topological polar surface area (TPSA) is 68.7 Å². The predicted molar refractivity (Wildman–Crippen MR) is 108 cm³/mol. The first-order chi connectivity index (χ1) is 13.5. The Hall–Kier alpha value is -2.90. The van der Waals surface area contributed by atoms with E-state index in [-0.39, 0.29) is 19.1 Å². The summed E-state index contributed by atoms with van der Waals surface area (Å²) in [6.07, 6.45) is 0. The zero-order valence-electron chi connectivity index (χ0n) is 15.0. The summed E-state index contributed by atoms with van der Waals surface area (Å²) in [6.45, 7) is 1.20. The molecule has 6 nitrogen and oxygen atoms in total. The van der Waals surface area contributed by atoms with Gasteiger partial charge in [0, 0.05) is 12.3 Å². The van der Waals surface area contributed by atoms with Crippen molar-refractivity contribution < 1.29 is 19.1 Å². The van der Waals surface area contributed by atoms with Gasteiger partial charge in [-0.05, 0) is 24.3 Å². The van der Waals surface area contributed by atoms with E-state index in [1.54, 1.807) is 29.6 Å². The summed E-state index contributed by atoms with van der Waals surface area (Å²) in [5.74, 6) is -0.282.